The van der Waals surface area contributed by atoms with Crippen LogP contribution in [0.25, 0.3) is 5.69 Å². The Bertz CT molecular complexity index is 741. The Balaban J connectivity index is 1.46. The van der Waals surface area contributed by atoms with Crippen molar-refractivity contribution in [1.82, 2.24) is 20.0 Å². The molecule has 0 atom stereocenters. The molecule has 3 heterocycles. The van der Waals surface area contributed by atoms with Crippen LogP contribution in [-0.4, -0.2) is 46.8 Å². The molecule has 126 valence electrons. The van der Waals surface area contributed by atoms with Crippen molar-refractivity contribution in [3.05, 3.63) is 46.7 Å². The van der Waals surface area contributed by atoms with Crippen molar-refractivity contribution >= 4 is 21.8 Å². The van der Waals surface area contributed by atoms with E-state index in [-0.39, 0.29) is 5.91 Å². The zero-order chi connectivity index (χ0) is 16.6. The molecule has 4 rings (SSSR count). The molecule has 1 amide bonds. The molecule has 0 saturated carbocycles. The minimum absolute atomic E-state index is 0.0945. The highest BCUT2D eigenvalue weighted by Gasteiger charge is 2.38. The molecule has 1 aromatic carbocycles. The second-order valence-electron chi connectivity index (χ2n) is 6.87. The Morgan fingerprint density at radius 3 is 2.79 bits per heavy atom. The van der Waals surface area contributed by atoms with Crippen molar-refractivity contribution in [2.24, 2.45) is 5.41 Å². The summed E-state index contributed by atoms with van der Waals surface area (Å²) in [6, 6.07) is 7.89. The third-order valence-corrected chi connectivity index (χ3v) is 5.84. The van der Waals surface area contributed by atoms with Gasteiger partial charge in [0, 0.05) is 30.3 Å². The summed E-state index contributed by atoms with van der Waals surface area (Å²) in [5.74, 6) is 0.0945. The Hall–Kier alpha value is -1.66. The molecular formula is C18H21BrN4O. The summed E-state index contributed by atoms with van der Waals surface area (Å²) >= 11 is 3.47. The van der Waals surface area contributed by atoms with E-state index in [2.05, 4.69) is 26.3 Å². The molecular weight excluding hydrogens is 368 g/mol. The van der Waals surface area contributed by atoms with E-state index in [1.165, 1.54) is 6.42 Å². The monoisotopic (exact) mass is 388 g/mol. The first-order valence-corrected chi connectivity index (χ1v) is 9.25. The van der Waals surface area contributed by atoms with Gasteiger partial charge in [-0.25, -0.2) is 4.68 Å². The molecule has 1 spiro atoms. The molecule has 6 heteroatoms. The van der Waals surface area contributed by atoms with Crippen LogP contribution in [0, 0.1) is 5.41 Å². The maximum absolute atomic E-state index is 12.8. The molecule has 1 N–H and O–H groups in total. The molecule has 0 radical (unpaired) electrons. The van der Waals surface area contributed by atoms with E-state index < -0.39 is 0 Å². The standard InChI is InChI=1S/C18H21BrN4O/c19-15-2-1-3-16(10-15)23-12-14(11-21-23)17(24)22-8-5-18(6-9-22)4-7-20-13-18/h1-3,10-12,20H,4-9,13H2. The second kappa shape index (κ2) is 6.33. The topological polar surface area (TPSA) is 50.2 Å². The molecule has 0 unspecified atom stereocenters. The van der Waals surface area contributed by atoms with Crippen molar-refractivity contribution < 1.29 is 4.79 Å². The van der Waals surface area contributed by atoms with Crippen molar-refractivity contribution in [2.75, 3.05) is 26.2 Å². The van der Waals surface area contributed by atoms with E-state index in [9.17, 15) is 4.79 Å². The molecule has 0 bridgehead atoms. The Morgan fingerprint density at radius 1 is 1.25 bits per heavy atom. The highest BCUT2D eigenvalue weighted by atomic mass is 79.9. The smallest absolute Gasteiger partial charge is 0.257 e. The van der Waals surface area contributed by atoms with Gasteiger partial charge in [0.15, 0.2) is 0 Å². The number of likely N-dealkylation sites (tertiary alicyclic amines) is 1. The molecule has 2 fully saturated rings. The summed E-state index contributed by atoms with van der Waals surface area (Å²) in [7, 11) is 0. The van der Waals surface area contributed by atoms with Gasteiger partial charge >= 0.3 is 0 Å². The molecule has 0 aliphatic carbocycles. The maximum Gasteiger partial charge on any atom is 0.257 e. The van der Waals surface area contributed by atoms with E-state index >= 15 is 0 Å². The van der Waals surface area contributed by atoms with E-state index in [1.807, 2.05) is 35.4 Å². The zero-order valence-electron chi connectivity index (χ0n) is 13.5. The average Bonchev–Trinajstić information content (AvgIpc) is 3.25. The van der Waals surface area contributed by atoms with E-state index in [0.29, 0.717) is 11.0 Å². The molecule has 2 saturated heterocycles. The second-order valence-corrected chi connectivity index (χ2v) is 7.79. The fourth-order valence-electron chi connectivity index (χ4n) is 3.78. The number of piperidine rings is 1. The maximum atomic E-state index is 12.8. The number of carbonyl (C=O) groups excluding carboxylic acids is 1. The minimum atomic E-state index is 0.0945. The van der Waals surface area contributed by atoms with Crippen molar-refractivity contribution in [3.8, 4) is 5.69 Å². The largest absolute Gasteiger partial charge is 0.339 e. The van der Waals surface area contributed by atoms with Crippen LogP contribution in [-0.2, 0) is 0 Å². The molecule has 1 aromatic heterocycles. The number of nitrogens with one attached hydrogen (secondary N) is 1. The van der Waals surface area contributed by atoms with Gasteiger partial charge in [-0.05, 0) is 49.4 Å². The summed E-state index contributed by atoms with van der Waals surface area (Å²) in [5.41, 5.74) is 2.03. The lowest BCUT2D eigenvalue weighted by molar-refractivity contribution is 0.0607. The van der Waals surface area contributed by atoms with Crippen molar-refractivity contribution in [3.63, 3.8) is 0 Å². The normalized spacial score (nSPS) is 19.8. The Labute approximate surface area is 150 Å². The predicted molar refractivity (Wildman–Crippen MR) is 96.3 cm³/mol. The number of carbonyl (C=O) groups is 1. The molecule has 2 aliphatic rings. The summed E-state index contributed by atoms with van der Waals surface area (Å²) in [6.07, 6.45) is 6.95. The summed E-state index contributed by atoms with van der Waals surface area (Å²) in [5, 5.41) is 7.82. The molecule has 5 nitrogen and oxygen atoms in total. The summed E-state index contributed by atoms with van der Waals surface area (Å²) in [6.45, 7) is 3.92. The van der Waals surface area contributed by atoms with Crippen molar-refractivity contribution in [2.45, 2.75) is 19.3 Å². The first kappa shape index (κ1) is 15.8. The predicted octanol–water partition coefficient (Wildman–Crippen LogP) is 2.85. The number of rotatable bonds is 2. The first-order valence-electron chi connectivity index (χ1n) is 8.46. The number of halogens is 1. The first-order chi connectivity index (χ1) is 11.7. The van der Waals surface area contributed by atoms with Gasteiger partial charge < -0.3 is 10.2 Å². The lowest BCUT2D eigenvalue weighted by Gasteiger charge is -2.38. The van der Waals surface area contributed by atoms with Gasteiger partial charge in [0.05, 0.1) is 17.4 Å². The SMILES string of the molecule is O=C(c1cnn(-c2cccc(Br)c2)c1)N1CCC2(CCNC2)CC1. The Kier molecular flexibility index (Phi) is 4.18. The number of hydrogen-bond acceptors (Lipinski definition) is 3. The quantitative estimate of drug-likeness (QED) is 0.860. The van der Waals surface area contributed by atoms with Gasteiger partial charge in [0.25, 0.3) is 5.91 Å². The number of amides is 1. The highest BCUT2D eigenvalue weighted by Crippen LogP contribution is 2.37. The van der Waals surface area contributed by atoms with Crippen LogP contribution in [0.1, 0.15) is 29.6 Å². The summed E-state index contributed by atoms with van der Waals surface area (Å²) < 4.78 is 2.75. The summed E-state index contributed by atoms with van der Waals surface area (Å²) in [4.78, 5) is 14.7. The van der Waals surface area contributed by atoms with Crippen LogP contribution < -0.4 is 5.32 Å². The van der Waals surface area contributed by atoms with Crippen LogP contribution in [0.2, 0.25) is 0 Å². The van der Waals surface area contributed by atoms with Gasteiger partial charge in [-0.1, -0.05) is 22.0 Å². The number of aromatic nitrogens is 2. The molecule has 2 aromatic rings. The van der Waals surface area contributed by atoms with E-state index in [1.54, 1.807) is 10.9 Å². The van der Waals surface area contributed by atoms with Crippen LogP contribution in [0.3, 0.4) is 0 Å². The van der Waals surface area contributed by atoms with Gasteiger partial charge in [0.1, 0.15) is 0 Å². The average molecular weight is 389 g/mol. The Morgan fingerprint density at radius 2 is 2.08 bits per heavy atom. The van der Waals surface area contributed by atoms with Crippen LogP contribution in [0.4, 0.5) is 0 Å². The van der Waals surface area contributed by atoms with Crippen LogP contribution in [0.15, 0.2) is 41.1 Å². The van der Waals surface area contributed by atoms with Crippen molar-refractivity contribution in [1.29, 1.82) is 0 Å². The fraction of sp³-hybridized carbons (Fsp3) is 0.444. The lowest BCUT2D eigenvalue weighted by atomic mass is 9.78. The molecule has 2 aliphatic heterocycles. The van der Waals surface area contributed by atoms with Gasteiger partial charge in [-0.2, -0.15) is 5.10 Å². The number of benzene rings is 1. The lowest BCUT2D eigenvalue weighted by Crippen LogP contribution is -2.43. The number of hydrogen-bond donors (Lipinski definition) is 1. The zero-order valence-corrected chi connectivity index (χ0v) is 15.1. The number of nitrogens with zero attached hydrogens (tertiary/aromatic N) is 3. The van der Waals surface area contributed by atoms with Crippen LogP contribution in [0.5, 0.6) is 0 Å². The third-order valence-electron chi connectivity index (χ3n) is 5.35. The van der Waals surface area contributed by atoms with Crippen LogP contribution >= 0.6 is 15.9 Å². The highest BCUT2D eigenvalue weighted by molar-refractivity contribution is 9.10. The van der Waals surface area contributed by atoms with E-state index in [0.717, 1.165) is 49.2 Å². The minimum Gasteiger partial charge on any atom is -0.339 e. The van der Waals surface area contributed by atoms with Gasteiger partial charge in [-0.15, -0.1) is 0 Å². The molecule has 24 heavy (non-hydrogen) atoms. The van der Waals surface area contributed by atoms with Gasteiger partial charge in [0.2, 0.25) is 0 Å². The van der Waals surface area contributed by atoms with E-state index in [4.69, 9.17) is 0 Å². The van der Waals surface area contributed by atoms with Gasteiger partial charge in [-0.3, -0.25) is 4.79 Å². The fourth-order valence-corrected chi connectivity index (χ4v) is 4.17. The third kappa shape index (κ3) is 3.00.